The average molecular weight is 346 g/mol. The number of amides is 1. The molecule has 2 aromatic rings. The Morgan fingerprint density at radius 3 is 2.50 bits per heavy atom. The number of hydrogen-bond acceptors (Lipinski definition) is 3. The van der Waals surface area contributed by atoms with Crippen molar-refractivity contribution in [2.45, 2.75) is 43.8 Å². The SMILES string of the molecule is O=C(COc1ccc(Cl)cc1)N1C2CCC1CC(n1cccn1)C2. The van der Waals surface area contributed by atoms with Gasteiger partial charge in [0.25, 0.3) is 5.91 Å². The van der Waals surface area contributed by atoms with Crippen LogP contribution >= 0.6 is 11.6 Å². The fourth-order valence-corrected chi connectivity index (χ4v) is 4.14. The van der Waals surface area contributed by atoms with Gasteiger partial charge in [0, 0.05) is 29.5 Å². The summed E-state index contributed by atoms with van der Waals surface area (Å²) in [5, 5.41) is 5.03. The van der Waals surface area contributed by atoms with E-state index in [1.165, 1.54) is 0 Å². The molecule has 2 saturated heterocycles. The molecule has 2 fully saturated rings. The van der Waals surface area contributed by atoms with Gasteiger partial charge in [-0.15, -0.1) is 0 Å². The third-order valence-electron chi connectivity index (χ3n) is 5.07. The maximum atomic E-state index is 12.6. The van der Waals surface area contributed by atoms with Gasteiger partial charge >= 0.3 is 0 Å². The third-order valence-corrected chi connectivity index (χ3v) is 5.32. The Labute approximate surface area is 146 Å². The van der Waals surface area contributed by atoms with Crippen molar-refractivity contribution >= 4 is 17.5 Å². The van der Waals surface area contributed by atoms with Crippen molar-refractivity contribution in [2.75, 3.05) is 6.61 Å². The number of aromatic nitrogens is 2. The van der Waals surface area contributed by atoms with Gasteiger partial charge in [-0.05, 0) is 56.0 Å². The highest BCUT2D eigenvalue weighted by Crippen LogP contribution is 2.40. The molecule has 6 heteroatoms. The summed E-state index contributed by atoms with van der Waals surface area (Å²) in [6.45, 7) is 0.0844. The first kappa shape index (κ1) is 15.5. The second-order valence-corrected chi connectivity index (χ2v) is 6.98. The highest BCUT2D eigenvalue weighted by Gasteiger charge is 2.43. The van der Waals surface area contributed by atoms with Crippen molar-refractivity contribution < 1.29 is 9.53 Å². The van der Waals surface area contributed by atoms with Crippen LogP contribution in [0.25, 0.3) is 0 Å². The van der Waals surface area contributed by atoms with E-state index in [1.807, 2.05) is 23.1 Å². The van der Waals surface area contributed by atoms with E-state index >= 15 is 0 Å². The first-order valence-electron chi connectivity index (χ1n) is 8.39. The number of piperidine rings is 1. The first-order valence-corrected chi connectivity index (χ1v) is 8.77. The molecule has 2 aliphatic heterocycles. The second-order valence-electron chi connectivity index (χ2n) is 6.54. The van der Waals surface area contributed by atoms with Crippen LogP contribution in [-0.4, -0.2) is 39.3 Å². The maximum absolute atomic E-state index is 12.6. The lowest BCUT2D eigenvalue weighted by molar-refractivity contribution is -0.138. The van der Waals surface area contributed by atoms with Crippen LogP contribution < -0.4 is 4.74 Å². The Morgan fingerprint density at radius 1 is 1.17 bits per heavy atom. The van der Waals surface area contributed by atoms with E-state index in [9.17, 15) is 4.79 Å². The van der Waals surface area contributed by atoms with Gasteiger partial charge in [-0.25, -0.2) is 0 Å². The van der Waals surface area contributed by atoms with Gasteiger partial charge in [-0.3, -0.25) is 9.48 Å². The quantitative estimate of drug-likeness (QED) is 0.854. The minimum atomic E-state index is 0.0800. The molecule has 0 radical (unpaired) electrons. The molecule has 0 saturated carbocycles. The van der Waals surface area contributed by atoms with E-state index in [0.29, 0.717) is 28.9 Å². The summed E-state index contributed by atoms with van der Waals surface area (Å²) in [6.07, 6.45) is 7.95. The van der Waals surface area contributed by atoms with E-state index in [0.717, 1.165) is 25.7 Å². The Balaban J connectivity index is 1.38. The fraction of sp³-hybridized carbons (Fsp3) is 0.444. The summed E-state index contributed by atoms with van der Waals surface area (Å²) in [4.78, 5) is 14.7. The summed E-state index contributed by atoms with van der Waals surface area (Å²) in [5.74, 6) is 0.753. The summed E-state index contributed by atoms with van der Waals surface area (Å²) in [7, 11) is 0. The number of halogens is 1. The average Bonchev–Trinajstić information content (AvgIpc) is 3.21. The van der Waals surface area contributed by atoms with Crippen molar-refractivity contribution in [3.63, 3.8) is 0 Å². The molecule has 5 nitrogen and oxygen atoms in total. The molecule has 126 valence electrons. The molecule has 1 amide bonds. The molecule has 2 bridgehead atoms. The topological polar surface area (TPSA) is 47.4 Å². The highest BCUT2D eigenvalue weighted by molar-refractivity contribution is 6.30. The van der Waals surface area contributed by atoms with Crippen molar-refractivity contribution in [1.29, 1.82) is 0 Å². The van der Waals surface area contributed by atoms with E-state index in [1.54, 1.807) is 24.3 Å². The number of nitrogens with zero attached hydrogens (tertiary/aromatic N) is 3. The Kier molecular flexibility index (Phi) is 4.19. The number of carbonyl (C=O) groups excluding carboxylic acids is 1. The lowest BCUT2D eigenvalue weighted by atomic mass is 9.97. The summed E-state index contributed by atoms with van der Waals surface area (Å²) >= 11 is 5.86. The largest absolute Gasteiger partial charge is 0.484 e. The van der Waals surface area contributed by atoms with Crippen LogP contribution in [0.15, 0.2) is 42.7 Å². The Morgan fingerprint density at radius 2 is 1.88 bits per heavy atom. The zero-order valence-electron chi connectivity index (χ0n) is 13.3. The van der Waals surface area contributed by atoms with Crippen LogP contribution in [0.2, 0.25) is 5.02 Å². The predicted molar refractivity (Wildman–Crippen MR) is 91.1 cm³/mol. The summed E-state index contributed by atoms with van der Waals surface area (Å²) in [6, 6.07) is 10.1. The molecule has 3 heterocycles. The predicted octanol–water partition coefficient (Wildman–Crippen LogP) is 3.31. The molecular weight excluding hydrogens is 326 g/mol. The smallest absolute Gasteiger partial charge is 0.261 e. The third kappa shape index (κ3) is 3.00. The van der Waals surface area contributed by atoms with Crippen LogP contribution in [0.4, 0.5) is 0 Å². The molecule has 4 rings (SSSR count). The molecule has 24 heavy (non-hydrogen) atoms. The zero-order chi connectivity index (χ0) is 16.5. The van der Waals surface area contributed by atoms with E-state index in [4.69, 9.17) is 16.3 Å². The minimum Gasteiger partial charge on any atom is -0.484 e. The van der Waals surface area contributed by atoms with Crippen molar-refractivity contribution in [3.8, 4) is 5.75 Å². The van der Waals surface area contributed by atoms with E-state index in [2.05, 4.69) is 10.00 Å². The Hall–Kier alpha value is -2.01. The van der Waals surface area contributed by atoms with Crippen molar-refractivity contribution in [2.24, 2.45) is 0 Å². The maximum Gasteiger partial charge on any atom is 0.261 e. The molecule has 2 aliphatic rings. The standard InChI is InChI=1S/C18H20ClN3O2/c19-13-2-6-17(7-3-13)24-12-18(23)22-14-4-5-15(22)11-16(10-14)21-9-1-8-20-21/h1-3,6-9,14-16H,4-5,10-12H2. The normalized spacial score (nSPS) is 25.7. The summed E-state index contributed by atoms with van der Waals surface area (Å²) in [5.41, 5.74) is 0. The molecular formula is C18H20ClN3O2. The lowest BCUT2D eigenvalue weighted by Crippen LogP contribution is -2.48. The Bertz CT molecular complexity index is 688. The summed E-state index contributed by atoms with van der Waals surface area (Å²) < 4.78 is 7.67. The fourth-order valence-electron chi connectivity index (χ4n) is 4.02. The number of fused-ring (bicyclic) bond motifs is 2. The van der Waals surface area contributed by atoms with Gasteiger partial charge in [0.15, 0.2) is 6.61 Å². The van der Waals surface area contributed by atoms with Gasteiger partial charge in [0.2, 0.25) is 0 Å². The number of benzene rings is 1. The molecule has 1 aromatic carbocycles. The van der Waals surface area contributed by atoms with Gasteiger partial charge < -0.3 is 9.64 Å². The molecule has 2 atom stereocenters. The molecule has 2 unspecified atom stereocenters. The molecule has 1 aromatic heterocycles. The van der Waals surface area contributed by atoms with Crippen LogP contribution in [0, 0.1) is 0 Å². The van der Waals surface area contributed by atoms with Crippen molar-refractivity contribution in [3.05, 3.63) is 47.7 Å². The van der Waals surface area contributed by atoms with E-state index in [-0.39, 0.29) is 12.5 Å². The van der Waals surface area contributed by atoms with Crippen LogP contribution in [-0.2, 0) is 4.79 Å². The van der Waals surface area contributed by atoms with E-state index < -0.39 is 0 Å². The van der Waals surface area contributed by atoms with Gasteiger partial charge in [-0.1, -0.05) is 11.6 Å². The van der Waals surface area contributed by atoms with Gasteiger partial charge in [-0.2, -0.15) is 5.10 Å². The van der Waals surface area contributed by atoms with Crippen LogP contribution in [0.1, 0.15) is 31.7 Å². The number of hydrogen-bond donors (Lipinski definition) is 0. The number of rotatable bonds is 4. The molecule has 0 aliphatic carbocycles. The minimum absolute atomic E-state index is 0.0800. The molecule has 0 N–H and O–H groups in total. The van der Waals surface area contributed by atoms with Crippen LogP contribution in [0.5, 0.6) is 5.75 Å². The lowest BCUT2D eigenvalue weighted by Gasteiger charge is -2.39. The zero-order valence-corrected chi connectivity index (χ0v) is 14.1. The van der Waals surface area contributed by atoms with Crippen LogP contribution in [0.3, 0.4) is 0 Å². The second kappa shape index (κ2) is 6.48. The monoisotopic (exact) mass is 345 g/mol. The molecule has 0 spiro atoms. The van der Waals surface area contributed by atoms with Crippen molar-refractivity contribution in [1.82, 2.24) is 14.7 Å². The number of ether oxygens (including phenoxy) is 1. The number of carbonyl (C=O) groups is 1. The van der Waals surface area contributed by atoms with Gasteiger partial charge in [0.05, 0.1) is 6.04 Å². The highest BCUT2D eigenvalue weighted by atomic mass is 35.5. The van der Waals surface area contributed by atoms with Gasteiger partial charge in [0.1, 0.15) is 5.75 Å². The first-order chi connectivity index (χ1) is 11.7.